The van der Waals surface area contributed by atoms with E-state index in [1.807, 2.05) is 92.6 Å². The third kappa shape index (κ3) is 7.81. The maximum absolute atomic E-state index is 13.5. The van der Waals surface area contributed by atoms with Gasteiger partial charge in [-0.15, -0.1) is 5.10 Å². The number of hydrogen-bond acceptors (Lipinski definition) is 8. The van der Waals surface area contributed by atoms with Gasteiger partial charge in [-0.05, 0) is 72.8 Å². The lowest BCUT2D eigenvalue weighted by atomic mass is 10.2. The average Bonchev–Trinajstić information content (AvgIpc) is 3.62. The van der Waals surface area contributed by atoms with Crippen molar-refractivity contribution in [1.29, 1.82) is 0 Å². The molecule has 0 atom stereocenters. The van der Waals surface area contributed by atoms with Crippen molar-refractivity contribution >= 4 is 52.4 Å². The molecule has 9 nitrogen and oxygen atoms in total. The van der Waals surface area contributed by atoms with Gasteiger partial charge in [0.2, 0.25) is 0 Å². The minimum atomic E-state index is -0.286. The number of carbonyl (C=O) groups is 2. The summed E-state index contributed by atoms with van der Waals surface area (Å²) in [5.74, 6) is 0.572. The second-order valence-corrected chi connectivity index (χ2v) is 10.9. The van der Waals surface area contributed by atoms with Gasteiger partial charge in [-0.2, -0.15) is 5.10 Å². The molecule has 0 radical (unpaired) electrons. The molecule has 2 amide bonds. The van der Waals surface area contributed by atoms with Crippen LogP contribution in [0.5, 0.6) is 5.75 Å². The first-order valence-electron chi connectivity index (χ1n) is 13.6. The highest BCUT2D eigenvalue weighted by Crippen LogP contribution is 2.35. The van der Waals surface area contributed by atoms with E-state index in [4.69, 9.17) is 9.15 Å². The summed E-state index contributed by atoms with van der Waals surface area (Å²) < 4.78 is 11.3. The van der Waals surface area contributed by atoms with Gasteiger partial charge in [0.05, 0.1) is 23.9 Å². The largest absolute Gasteiger partial charge is 0.483 e. The van der Waals surface area contributed by atoms with Crippen LogP contribution in [0.25, 0.3) is 6.08 Å². The normalized spacial score (nSPS) is 15.0. The highest BCUT2D eigenvalue weighted by atomic mass is 32.2. The van der Waals surface area contributed by atoms with Crippen LogP contribution < -0.4 is 15.0 Å². The van der Waals surface area contributed by atoms with Crippen molar-refractivity contribution < 1.29 is 18.7 Å². The minimum absolute atomic E-state index is 0.184. The van der Waals surface area contributed by atoms with Crippen LogP contribution in [0.1, 0.15) is 22.5 Å². The van der Waals surface area contributed by atoms with Crippen LogP contribution in [0.15, 0.2) is 111 Å². The third-order valence-electron chi connectivity index (χ3n) is 6.44. The topological polar surface area (TPSA) is 99.7 Å². The highest BCUT2D eigenvalue weighted by Gasteiger charge is 2.34. The summed E-state index contributed by atoms with van der Waals surface area (Å²) in [6, 6.07) is 26.3. The summed E-state index contributed by atoms with van der Waals surface area (Å²) >= 11 is 1.21. The Kier molecular flexibility index (Phi) is 9.38. The zero-order valence-electron chi connectivity index (χ0n) is 24.1. The molecule has 0 saturated carbocycles. The number of nitrogens with one attached hydrogen (secondary N) is 1. The van der Waals surface area contributed by atoms with E-state index < -0.39 is 0 Å². The molecule has 2 heterocycles. The average molecular weight is 594 g/mol. The van der Waals surface area contributed by atoms with Crippen LogP contribution in [0.2, 0.25) is 0 Å². The van der Waals surface area contributed by atoms with E-state index in [-0.39, 0.29) is 25.0 Å². The number of carbonyl (C=O) groups excluding carboxylic acids is 2. The van der Waals surface area contributed by atoms with Gasteiger partial charge in [-0.3, -0.25) is 14.5 Å². The zero-order valence-corrected chi connectivity index (χ0v) is 24.9. The van der Waals surface area contributed by atoms with Crippen molar-refractivity contribution in [2.75, 3.05) is 30.9 Å². The molecule has 1 aliphatic heterocycles. The lowest BCUT2D eigenvalue weighted by Gasteiger charge is -2.13. The molecule has 0 spiro atoms. The molecular weight excluding hydrogens is 562 g/mol. The van der Waals surface area contributed by atoms with Crippen LogP contribution in [0.3, 0.4) is 0 Å². The lowest BCUT2D eigenvalue weighted by Crippen LogP contribution is -2.28. The first-order valence-corrected chi connectivity index (χ1v) is 14.4. The van der Waals surface area contributed by atoms with Crippen molar-refractivity contribution in [3.8, 4) is 5.75 Å². The number of benzene rings is 3. The molecule has 3 aromatic carbocycles. The Morgan fingerprint density at radius 1 is 1.02 bits per heavy atom. The van der Waals surface area contributed by atoms with Gasteiger partial charge in [0.1, 0.15) is 11.5 Å². The van der Waals surface area contributed by atoms with E-state index >= 15 is 0 Å². The van der Waals surface area contributed by atoms with Crippen molar-refractivity contribution in [2.24, 2.45) is 10.2 Å². The molecule has 43 heavy (non-hydrogen) atoms. The Bertz CT molecular complexity index is 1660. The van der Waals surface area contributed by atoms with E-state index in [1.165, 1.54) is 16.7 Å². The number of amides is 2. The predicted octanol–water partition coefficient (Wildman–Crippen LogP) is 6.18. The van der Waals surface area contributed by atoms with Crippen molar-refractivity contribution in [3.63, 3.8) is 0 Å². The summed E-state index contributed by atoms with van der Waals surface area (Å²) in [6.45, 7) is 2.01. The Morgan fingerprint density at radius 3 is 2.51 bits per heavy atom. The molecule has 4 aromatic rings. The van der Waals surface area contributed by atoms with E-state index in [2.05, 4.69) is 15.5 Å². The van der Waals surface area contributed by atoms with Crippen molar-refractivity contribution in [3.05, 3.63) is 119 Å². The summed E-state index contributed by atoms with van der Waals surface area (Å²) in [4.78, 5) is 30.0. The number of nitrogens with zero attached hydrogens (tertiary/aromatic N) is 4. The summed E-state index contributed by atoms with van der Waals surface area (Å²) in [5, 5.41) is 11.9. The molecule has 5 rings (SSSR count). The number of thioether (sulfide) groups is 1. The van der Waals surface area contributed by atoms with Gasteiger partial charge in [-0.25, -0.2) is 0 Å². The summed E-state index contributed by atoms with van der Waals surface area (Å²) in [6.07, 6.45) is 4.95. The first kappa shape index (κ1) is 29.4. The highest BCUT2D eigenvalue weighted by molar-refractivity contribution is 8.18. The van der Waals surface area contributed by atoms with Gasteiger partial charge in [0.25, 0.3) is 11.8 Å². The second-order valence-electron chi connectivity index (χ2n) is 9.94. The molecular formula is C33H31N5O4S. The number of anilines is 2. The fourth-order valence-electron chi connectivity index (χ4n) is 4.13. The number of para-hydroxylation sites is 1. The number of rotatable bonds is 10. The number of aryl methyl sites for hydroxylation is 1. The Labute approximate surface area is 254 Å². The molecule has 10 heteroatoms. The number of ether oxygens (including phenoxy) is 1. The van der Waals surface area contributed by atoms with Gasteiger partial charge < -0.3 is 19.4 Å². The number of furan rings is 1. The van der Waals surface area contributed by atoms with E-state index in [1.54, 1.807) is 36.8 Å². The maximum Gasteiger partial charge on any atom is 0.267 e. The molecule has 1 aliphatic rings. The van der Waals surface area contributed by atoms with E-state index in [9.17, 15) is 9.59 Å². The summed E-state index contributed by atoms with van der Waals surface area (Å²) in [5.41, 5.74) is 4.42. The Morgan fingerprint density at radius 2 is 1.79 bits per heavy atom. The smallest absolute Gasteiger partial charge is 0.267 e. The summed E-state index contributed by atoms with van der Waals surface area (Å²) in [7, 11) is 3.96. The molecule has 1 N–H and O–H groups in total. The van der Waals surface area contributed by atoms with Crippen LogP contribution in [-0.4, -0.2) is 48.8 Å². The van der Waals surface area contributed by atoms with Crippen LogP contribution in [-0.2, 0) is 16.1 Å². The molecule has 0 bridgehead atoms. The lowest BCUT2D eigenvalue weighted by molar-refractivity contribution is -0.122. The number of amidine groups is 1. The standard InChI is InChI=1S/C33H31N5O4S/c1-23-10-14-26(15-11-23)35-31(39)22-42-29-9-5-4-7-25(29)19-30-32(40)38(21-28-8-6-18-41-28)33(43-30)36-34-20-24-12-16-27(17-13-24)37(2)3/h4-20H,21-22H2,1-3H3,(H,35,39)/b30-19-,34-20+,36-33-. The molecule has 1 saturated heterocycles. The van der Waals surface area contributed by atoms with E-state index in [0.717, 1.165) is 16.8 Å². The van der Waals surface area contributed by atoms with Gasteiger partial charge in [0, 0.05) is 31.0 Å². The van der Waals surface area contributed by atoms with Crippen LogP contribution >= 0.6 is 11.8 Å². The van der Waals surface area contributed by atoms with Gasteiger partial charge in [-0.1, -0.05) is 48.0 Å². The molecule has 1 aromatic heterocycles. The van der Waals surface area contributed by atoms with Crippen LogP contribution in [0, 0.1) is 6.92 Å². The molecule has 0 aliphatic carbocycles. The van der Waals surface area contributed by atoms with Gasteiger partial charge >= 0.3 is 0 Å². The van der Waals surface area contributed by atoms with E-state index in [0.29, 0.717) is 32.8 Å². The van der Waals surface area contributed by atoms with Gasteiger partial charge in [0.15, 0.2) is 11.8 Å². The SMILES string of the molecule is Cc1ccc(NC(=O)COc2ccccc2/C=C2\S/C(=N\N=C\c3ccc(N(C)C)cc3)N(Cc3ccco3)C2=O)cc1. The van der Waals surface area contributed by atoms with Crippen LogP contribution in [0.4, 0.5) is 11.4 Å². The maximum atomic E-state index is 13.5. The van der Waals surface area contributed by atoms with Crippen molar-refractivity contribution in [1.82, 2.24) is 4.90 Å². The fraction of sp³-hybridized carbons (Fsp3) is 0.152. The third-order valence-corrected chi connectivity index (χ3v) is 7.44. The first-order chi connectivity index (χ1) is 20.9. The number of hydrogen-bond donors (Lipinski definition) is 1. The monoisotopic (exact) mass is 593 g/mol. The second kappa shape index (κ2) is 13.7. The zero-order chi connectivity index (χ0) is 30.2. The molecule has 0 unspecified atom stereocenters. The quantitative estimate of drug-likeness (QED) is 0.134. The minimum Gasteiger partial charge on any atom is -0.483 e. The predicted molar refractivity (Wildman–Crippen MR) is 172 cm³/mol. The molecule has 1 fully saturated rings. The fourth-order valence-corrected chi connectivity index (χ4v) is 5.06. The molecule has 218 valence electrons. The van der Waals surface area contributed by atoms with Crippen molar-refractivity contribution in [2.45, 2.75) is 13.5 Å². The Balaban J connectivity index is 1.33. The Hall–Kier alpha value is -5.09.